The van der Waals surface area contributed by atoms with Crippen LogP contribution in [0.1, 0.15) is 6.23 Å². The summed E-state index contributed by atoms with van der Waals surface area (Å²) in [5.74, 6) is 0. The number of aliphatic hydroxyl groups is 3. The quantitative estimate of drug-likeness (QED) is 0.763. The molecule has 4 atom stereocenters. The molecule has 0 saturated carbocycles. The Kier molecular flexibility index (Phi) is 4.04. The fourth-order valence-corrected chi connectivity index (χ4v) is 2.99. The Morgan fingerprint density at radius 1 is 1.14 bits per heavy atom. The van der Waals surface area contributed by atoms with Crippen LogP contribution < -0.4 is 0 Å². The molecule has 9 heteroatoms. The largest absolute Gasteiger partial charge is 0.394 e. The summed E-state index contributed by atoms with van der Waals surface area (Å²) >= 11 is 18.0. The van der Waals surface area contributed by atoms with E-state index in [1.165, 1.54) is 4.57 Å². The lowest BCUT2D eigenvalue weighted by molar-refractivity contribution is -0.0507. The average molecular weight is 354 g/mol. The maximum atomic E-state index is 10.1. The molecule has 114 valence electrons. The molecule has 1 aromatic heterocycles. The molecule has 0 spiro atoms. The first-order valence-electron chi connectivity index (χ1n) is 6.09. The molecule has 3 N–H and O–H groups in total. The lowest BCUT2D eigenvalue weighted by Crippen LogP contribution is -2.33. The van der Waals surface area contributed by atoms with E-state index in [1.807, 2.05) is 0 Å². The number of benzene rings is 1. The molecule has 6 nitrogen and oxygen atoms in total. The van der Waals surface area contributed by atoms with Crippen LogP contribution in [0, 0.1) is 0 Å². The van der Waals surface area contributed by atoms with Crippen LogP contribution in [0.15, 0.2) is 12.1 Å². The van der Waals surface area contributed by atoms with E-state index in [1.54, 1.807) is 12.1 Å². The molecular weight excluding hydrogens is 343 g/mol. The molecule has 2 heterocycles. The average Bonchev–Trinajstić information content (AvgIpc) is 2.89. The number of hydrogen-bond acceptors (Lipinski definition) is 5. The molecule has 3 rings (SSSR count). The lowest BCUT2D eigenvalue weighted by Gasteiger charge is -2.18. The van der Waals surface area contributed by atoms with Gasteiger partial charge in [-0.25, -0.2) is 4.98 Å². The monoisotopic (exact) mass is 352 g/mol. The highest BCUT2D eigenvalue weighted by molar-refractivity contribution is 6.42. The first kappa shape index (κ1) is 15.3. The van der Waals surface area contributed by atoms with Gasteiger partial charge in [0.15, 0.2) is 6.23 Å². The summed E-state index contributed by atoms with van der Waals surface area (Å²) in [6, 6.07) is 3.09. The van der Waals surface area contributed by atoms with E-state index in [-0.39, 0.29) is 5.28 Å². The van der Waals surface area contributed by atoms with Gasteiger partial charge in [-0.2, -0.15) is 0 Å². The standard InChI is InChI=1S/C12H11Cl3N2O4/c13-4-1-6-7(2-5(4)14)17(12(15)16-6)11-10(20)9(19)8(3-18)21-11/h1-2,8-11,18-20H,3H2/t8-,9?,10?,11+/m0/s1. The smallest absolute Gasteiger partial charge is 0.206 e. The third kappa shape index (κ3) is 2.41. The van der Waals surface area contributed by atoms with Crippen molar-refractivity contribution >= 4 is 45.8 Å². The predicted octanol–water partition coefficient (Wildman–Crippen LogP) is 1.61. The Balaban J connectivity index is 2.12. The molecule has 2 unspecified atom stereocenters. The maximum absolute atomic E-state index is 10.1. The van der Waals surface area contributed by atoms with Crippen LogP contribution in [0.3, 0.4) is 0 Å². The molecule has 1 saturated heterocycles. The number of rotatable bonds is 2. The second-order valence-corrected chi connectivity index (χ2v) is 5.89. The van der Waals surface area contributed by atoms with Crippen LogP contribution in [-0.4, -0.2) is 49.8 Å². The van der Waals surface area contributed by atoms with Gasteiger partial charge in [-0.3, -0.25) is 4.57 Å². The Hall–Kier alpha value is -0.600. The van der Waals surface area contributed by atoms with E-state index in [0.29, 0.717) is 21.1 Å². The molecule has 0 aliphatic carbocycles. The number of hydrogen-bond donors (Lipinski definition) is 3. The Labute approximate surface area is 134 Å². The van der Waals surface area contributed by atoms with Crippen molar-refractivity contribution in [3.63, 3.8) is 0 Å². The first-order chi connectivity index (χ1) is 9.93. The Morgan fingerprint density at radius 3 is 2.43 bits per heavy atom. The van der Waals surface area contributed by atoms with Crippen molar-refractivity contribution in [3.05, 3.63) is 27.5 Å². The van der Waals surface area contributed by atoms with Gasteiger partial charge in [-0.15, -0.1) is 0 Å². The number of fused-ring (bicyclic) bond motifs is 1. The number of halogens is 3. The molecule has 1 aromatic carbocycles. The third-order valence-electron chi connectivity index (χ3n) is 3.46. The van der Waals surface area contributed by atoms with E-state index < -0.39 is 31.1 Å². The van der Waals surface area contributed by atoms with Crippen molar-refractivity contribution in [1.29, 1.82) is 0 Å². The molecular formula is C12H11Cl3N2O4. The van der Waals surface area contributed by atoms with Crippen molar-refractivity contribution < 1.29 is 20.1 Å². The molecule has 1 fully saturated rings. The minimum absolute atomic E-state index is 0.0539. The molecule has 1 aliphatic rings. The van der Waals surface area contributed by atoms with Gasteiger partial charge in [-0.05, 0) is 23.7 Å². The fraction of sp³-hybridized carbons (Fsp3) is 0.417. The van der Waals surface area contributed by atoms with Gasteiger partial charge in [0.2, 0.25) is 5.28 Å². The van der Waals surface area contributed by atoms with E-state index in [4.69, 9.17) is 44.6 Å². The summed E-state index contributed by atoms with van der Waals surface area (Å²) in [6.45, 7) is -0.425. The Morgan fingerprint density at radius 2 is 1.81 bits per heavy atom. The van der Waals surface area contributed by atoms with Gasteiger partial charge in [0.1, 0.15) is 18.3 Å². The lowest BCUT2D eigenvalue weighted by atomic mass is 10.1. The van der Waals surface area contributed by atoms with Crippen LogP contribution in [0.5, 0.6) is 0 Å². The molecule has 1 aliphatic heterocycles. The second kappa shape index (κ2) is 5.55. The SMILES string of the molecule is OC[C@@H]1O[C@@H](n2c(Cl)nc3cc(Cl)c(Cl)cc32)C(O)C1O. The van der Waals surface area contributed by atoms with Crippen molar-refractivity contribution in [2.75, 3.05) is 6.61 Å². The fourth-order valence-electron chi connectivity index (χ4n) is 2.40. The van der Waals surface area contributed by atoms with E-state index >= 15 is 0 Å². The Bertz CT molecular complexity index is 693. The van der Waals surface area contributed by atoms with Gasteiger partial charge in [0.05, 0.1) is 27.7 Å². The van der Waals surface area contributed by atoms with E-state index in [0.717, 1.165) is 0 Å². The zero-order chi connectivity index (χ0) is 15.3. The van der Waals surface area contributed by atoms with Crippen LogP contribution in [0.2, 0.25) is 15.3 Å². The molecule has 0 amide bonds. The number of ether oxygens (including phenoxy) is 1. The van der Waals surface area contributed by atoms with E-state index in [2.05, 4.69) is 4.98 Å². The van der Waals surface area contributed by atoms with Crippen LogP contribution in [-0.2, 0) is 4.74 Å². The third-order valence-corrected chi connectivity index (χ3v) is 4.45. The zero-order valence-electron chi connectivity index (χ0n) is 10.4. The summed E-state index contributed by atoms with van der Waals surface area (Å²) < 4.78 is 6.86. The van der Waals surface area contributed by atoms with Gasteiger partial charge in [0.25, 0.3) is 0 Å². The minimum Gasteiger partial charge on any atom is -0.394 e. The number of aromatic nitrogens is 2. The zero-order valence-corrected chi connectivity index (χ0v) is 12.7. The van der Waals surface area contributed by atoms with Crippen LogP contribution >= 0.6 is 34.8 Å². The predicted molar refractivity (Wildman–Crippen MR) is 77.8 cm³/mol. The maximum Gasteiger partial charge on any atom is 0.206 e. The van der Waals surface area contributed by atoms with Crippen molar-refractivity contribution in [3.8, 4) is 0 Å². The first-order valence-corrected chi connectivity index (χ1v) is 7.22. The highest BCUT2D eigenvalue weighted by Crippen LogP contribution is 2.36. The highest BCUT2D eigenvalue weighted by atomic mass is 35.5. The van der Waals surface area contributed by atoms with Gasteiger partial charge < -0.3 is 20.1 Å². The number of imidazole rings is 1. The summed E-state index contributed by atoms with van der Waals surface area (Å²) in [5.41, 5.74) is 0.983. The normalized spacial score (nSPS) is 29.4. The topological polar surface area (TPSA) is 87.7 Å². The molecule has 0 bridgehead atoms. The molecule has 0 radical (unpaired) electrons. The van der Waals surface area contributed by atoms with Crippen LogP contribution in [0.4, 0.5) is 0 Å². The number of nitrogens with zero attached hydrogens (tertiary/aromatic N) is 2. The molecule has 2 aromatic rings. The second-order valence-electron chi connectivity index (χ2n) is 4.73. The summed E-state index contributed by atoms with van der Waals surface area (Å²) in [7, 11) is 0. The minimum atomic E-state index is -1.26. The van der Waals surface area contributed by atoms with Crippen molar-refractivity contribution in [1.82, 2.24) is 9.55 Å². The van der Waals surface area contributed by atoms with E-state index in [9.17, 15) is 10.2 Å². The van der Waals surface area contributed by atoms with Crippen LogP contribution in [0.25, 0.3) is 11.0 Å². The van der Waals surface area contributed by atoms with Crippen molar-refractivity contribution in [2.45, 2.75) is 24.5 Å². The highest BCUT2D eigenvalue weighted by Gasteiger charge is 2.44. The summed E-state index contributed by atoms with van der Waals surface area (Å²) in [6.07, 6.45) is -4.36. The summed E-state index contributed by atoms with van der Waals surface area (Å²) in [5, 5.41) is 29.7. The van der Waals surface area contributed by atoms with Gasteiger partial charge in [-0.1, -0.05) is 23.2 Å². The molecule has 21 heavy (non-hydrogen) atoms. The van der Waals surface area contributed by atoms with Gasteiger partial charge >= 0.3 is 0 Å². The van der Waals surface area contributed by atoms with Gasteiger partial charge in [0, 0.05) is 0 Å². The van der Waals surface area contributed by atoms with Crippen molar-refractivity contribution in [2.24, 2.45) is 0 Å². The summed E-state index contributed by atoms with van der Waals surface area (Å²) in [4.78, 5) is 4.12. The number of aliphatic hydroxyl groups excluding tert-OH is 3.